The minimum Gasteiger partial charge on any atom is -0.493 e. The molecule has 172 valence electrons. The van der Waals surface area contributed by atoms with Crippen molar-refractivity contribution in [2.45, 2.75) is 38.8 Å². The standard InChI is InChI=1S/C24H31N3O5/c1-4-5-11-25-24(16-27(28)29)26-15-19-14-23(31-3)22(30-2)13-18(19)12-20(26)17-32-21-9-7-6-8-10-21/h6-10,13-14,16,20,25H,4-5,11-12,15,17H2,1-3H3/b24-16-. The van der Waals surface area contributed by atoms with Crippen molar-refractivity contribution in [1.82, 2.24) is 10.2 Å². The van der Waals surface area contributed by atoms with Gasteiger partial charge in [-0.2, -0.15) is 0 Å². The van der Waals surface area contributed by atoms with Gasteiger partial charge in [-0.25, -0.2) is 0 Å². The average Bonchev–Trinajstić information content (AvgIpc) is 2.81. The zero-order chi connectivity index (χ0) is 22.9. The van der Waals surface area contributed by atoms with Crippen LogP contribution in [0.15, 0.2) is 54.5 Å². The number of hydrogen-bond acceptors (Lipinski definition) is 7. The van der Waals surface area contributed by atoms with Crippen LogP contribution in [-0.2, 0) is 13.0 Å². The Hall–Kier alpha value is -3.42. The number of methoxy groups -OCH3 is 2. The predicted molar refractivity (Wildman–Crippen MR) is 123 cm³/mol. The van der Waals surface area contributed by atoms with Gasteiger partial charge in [0.05, 0.1) is 25.2 Å². The van der Waals surface area contributed by atoms with Crippen LogP contribution in [0.4, 0.5) is 0 Å². The van der Waals surface area contributed by atoms with E-state index in [2.05, 4.69) is 12.2 Å². The molecule has 1 aliphatic heterocycles. The molecule has 8 heteroatoms. The van der Waals surface area contributed by atoms with Crippen LogP contribution in [0.25, 0.3) is 0 Å². The van der Waals surface area contributed by atoms with E-state index in [1.165, 1.54) is 0 Å². The highest BCUT2D eigenvalue weighted by Gasteiger charge is 2.31. The van der Waals surface area contributed by atoms with Gasteiger partial charge in [0.2, 0.25) is 0 Å². The largest absolute Gasteiger partial charge is 0.493 e. The Bertz CT molecular complexity index is 933. The maximum Gasteiger partial charge on any atom is 0.274 e. The summed E-state index contributed by atoms with van der Waals surface area (Å²) in [5, 5.41) is 14.7. The molecule has 2 aromatic carbocycles. The lowest BCUT2D eigenvalue weighted by molar-refractivity contribution is -0.405. The number of hydrogen-bond donors (Lipinski definition) is 1. The molecule has 1 heterocycles. The van der Waals surface area contributed by atoms with Gasteiger partial charge < -0.3 is 24.4 Å². The summed E-state index contributed by atoms with van der Waals surface area (Å²) in [6.45, 7) is 3.64. The van der Waals surface area contributed by atoms with E-state index < -0.39 is 4.92 Å². The maximum absolute atomic E-state index is 11.4. The zero-order valence-electron chi connectivity index (χ0n) is 18.9. The van der Waals surface area contributed by atoms with Crippen LogP contribution >= 0.6 is 0 Å². The fourth-order valence-corrected chi connectivity index (χ4v) is 3.83. The third-order valence-electron chi connectivity index (χ3n) is 5.50. The van der Waals surface area contributed by atoms with Crippen molar-refractivity contribution in [3.8, 4) is 17.2 Å². The van der Waals surface area contributed by atoms with Crippen molar-refractivity contribution in [2.24, 2.45) is 0 Å². The number of unbranched alkanes of at least 4 members (excludes halogenated alkanes) is 1. The van der Waals surface area contributed by atoms with Crippen LogP contribution in [0.1, 0.15) is 30.9 Å². The van der Waals surface area contributed by atoms with Crippen LogP contribution in [-0.4, -0.2) is 43.2 Å². The first kappa shape index (κ1) is 23.2. The number of fused-ring (bicyclic) bond motifs is 1. The van der Waals surface area contributed by atoms with Crippen molar-refractivity contribution in [2.75, 3.05) is 27.4 Å². The third kappa shape index (κ3) is 5.84. The molecule has 1 unspecified atom stereocenters. The molecule has 0 saturated carbocycles. The number of rotatable bonds is 11. The van der Waals surface area contributed by atoms with Gasteiger partial charge in [0.1, 0.15) is 12.4 Å². The monoisotopic (exact) mass is 441 g/mol. The molecular weight excluding hydrogens is 410 g/mol. The number of nitrogens with zero attached hydrogens (tertiary/aromatic N) is 2. The highest BCUT2D eigenvalue weighted by atomic mass is 16.6. The van der Waals surface area contributed by atoms with Crippen molar-refractivity contribution in [1.29, 1.82) is 0 Å². The van der Waals surface area contributed by atoms with Gasteiger partial charge in [-0.1, -0.05) is 31.5 Å². The number of benzene rings is 2. The first-order chi connectivity index (χ1) is 15.5. The molecule has 1 aliphatic rings. The molecular formula is C24H31N3O5. The van der Waals surface area contributed by atoms with Crippen LogP contribution < -0.4 is 19.5 Å². The van der Waals surface area contributed by atoms with Gasteiger partial charge in [-0.15, -0.1) is 0 Å². The van der Waals surface area contributed by atoms with E-state index in [-0.39, 0.29) is 6.04 Å². The summed E-state index contributed by atoms with van der Waals surface area (Å²) in [5.41, 5.74) is 2.17. The first-order valence-electron chi connectivity index (χ1n) is 10.8. The molecule has 0 radical (unpaired) electrons. The summed E-state index contributed by atoms with van der Waals surface area (Å²) in [7, 11) is 3.22. The average molecular weight is 442 g/mol. The molecule has 8 nitrogen and oxygen atoms in total. The van der Waals surface area contributed by atoms with Crippen LogP contribution in [0.2, 0.25) is 0 Å². The minimum absolute atomic E-state index is 0.0962. The van der Waals surface area contributed by atoms with E-state index in [9.17, 15) is 10.1 Å². The Balaban J connectivity index is 1.93. The molecule has 0 bridgehead atoms. The van der Waals surface area contributed by atoms with Crippen LogP contribution in [0.3, 0.4) is 0 Å². The topological polar surface area (TPSA) is 86.1 Å². The smallest absolute Gasteiger partial charge is 0.274 e. The molecule has 0 amide bonds. The Kier molecular flexibility index (Phi) is 8.19. The summed E-state index contributed by atoms with van der Waals surface area (Å²) in [6.07, 6.45) is 3.64. The van der Waals surface area contributed by atoms with E-state index >= 15 is 0 Å². The molecule has 0 aliphatic carbocycles. The van der Waals surface area contributed by atoms with Gasteiger partial charge >= 0.3 is 0 Å². The molecule has 2 aromatic rings. The zero-order valence-corrected chi connectivity index (χ0v) is 18.9. The van der Waals surface area contributed by atoms with Gasteiger partial charge in [0, 0.05) is 13.1 Å². The quantitative estimate of drug-likeness (QED) is 0.321. The Morgan fingerprint density at radius 3 is 2.50 bits per heavy atom. The van der Waals surface area contributed by atoms with Crippen molar-refractivity contribution in [3.63, 3.8) is 0 Å². The fourth-order valence-electron chi connectivity index (χ4n) is 3.83. The molecule has 1 atom stereocenters. The van der Waals surface area contributed by atoms with Crippen molar-refractivity contribution in [3.05, 3.63) is 75.7 Å². The summed E-state index contributed by atoms with van der Waals surface area (Å²) in [6, 6.07) is 13.4. The second kappa shape index (κ2) is 11.3. The maximum atomic E-state index is 11.4. The van der Waals surface area contributed by atoms with E-state index in [4.69, 9.17) is 14.2 Å². The highest BCUT2D eigenvalue weighted by Crippen LogP contribution is 2.35. The predicted octanol–water partition coefficient (Wildman–Crippen LogP) is 3.97. The number of nitro groups is 1. The van der Waals surface area contributed by atoms with Gasteiger partial charge in [0.15, 0.2) is 17.3 Å². The van der Waals surface area contributed by atoms with E-state index in [0.29, 0.717) is 43.4 Å². The van der Waals surface area contributed by atoms with Crippen LogP contribution in [0.5, 0.6) is 17.2 Å². The second-order valence-electron chi connectivity index (χ2n) is 7.67. The normalized spacial score (nSPS) is 15.7. The molecule has 32 heavy (non-hydrogen) atoms. The lowest BCUT2D eigenvalue weighted by Crippen LogP contribution is -2.47. The van der Waals surface area contributed by atoms with Crippen molar-refractivity contribution >= 4 is 0 Å². The highest BCUT2D eigenvalue weighted by molar-refractivity contribution is 5.48. The molecule has 0 fully saturated rings. The molecule has 0 saturated heterocycles. The molecule has 1 N–H and O–H groups in total. The Morgan fingerprint density at radius 2 is 1.88 bits per heavy atom. The van der Waals surface area contributed by atoms with E-state index in [1.807, 2.05) is 47.4 Å². The number of ether oxygens (including phenoxy) is 3. The summed E-state index contributed by atoms with van der Waals surface area (Å²) in [5.74, 6) is 2.57. The second-order valence-corrected chi connectivity index (χ2v) is 7.67. The van der Waals surface area contributed by atoms with Gasteiger partial charge in [-0.3, -0.25) is 10.1 Å². The van der Waals surface area contributed by atoms with Gasteiger partial charge in [-0.05, 0) is 48.2 Å². The summed E-state index contributed by atoms with van der Waals surface area (Å²) in [4.78, 5) is 13.0. The SMILES string of the molecule is CCCCN/C(=C/[N+](=O)[O-])N1Cc2cc(OC)c(OC)cc2CC1COc1ccccc1. The fraction of sp³-hybridized carbons (Fsp3) is 0.417. The van der Waals surface area contributed by atoms with E-state index in [1.54, 1.807) is 14.2 Å². The number of nitrogens with one attached hydrogen (secondary N) is 1. The minimum atomic E-state index is -0.409. The lowest BCUT2D eigenvalue weighted by atomic mass is 9.93. The Labute approximate surface area is 188 Å². The van der Waals surface area contributed by atoms with Crippen LogP contribution in [0, 0.1) is 10.1 Å². The van der Waals surface area contributed by atoms with Crippen molar-refractivity contribution < 1.29 is 19.1 Å². The van der Waals surface area contributed by atoms with E-state index in [0.717, 1.165) is 35.9 Å². The van der Waals surface area contributed by atoms with Gasteiger partial charge in [0.25, 0.3) is 6.20 Å². The summed E-state index contributed by atoms with van der Waals surface area (Å²) >= 11 is 0. The number of para-hydroxylation sites is 1. The lowest BCUT2D eigenvalue weighted by Gasteiger charge is -2.39. The summed E-state index contributed by atoms with van der Waals surface area (Å²) < 4.78 is 17.0. The Morgan fingerprint density at radius 1 is 1.19 bits per heavy atom. The molecule has 3 rings (SSSR count). The first-order valence-corrected chi connectivity index (χ1v) is 10.8. The third-order valence-corrected chi connectivity index (χ3v) is 5.50. The molecule has 0 spiro atoms. The molecule has 0 aromatic heterocycles.